The summed E-state index contributed by atoms with van der Waals surface area (Å²) in [4.78, 5) is 10.6. The molecule has 0 amide bonds. The summed E-state index contributed by atoms with van der Waals surface area (Å²) in [6, 6.07) is 8.07. The van der Waals surface area contributed by atoms with Gasteiger partial charge < -0.3 is 10.2 Å². The van der Waals surface area contributed by atoms with E-state index >= 15 is 0 Å². The summed E-state index contributed by atoms with van der Waals surface area (Å²) < 4.78 is 0. The van der Waals surface area contributed by atoms with Crippen molar-refractivity contribution < 1.29 is 15.0 Å². The Kier molecular flexibility index (Phi) is 1.85. The van der Waals surface area contributed by atoms with Crippen molar-refractivity contribution in [3.8, 4) is 11.5 Å². The molecule has 0 saturated heterocycles. The highest BCUT2D eigenvalue weighted by Crippen LogP contribution is 2.34. The average molecular weight is 188 g/mol. The number of hydrogen-bond donors (Lipinski definition) is 2. The Morgan fingerprint density at radius 2 is 1.71 bits per heavy atom. The lowest BCUT2D eigenvalue weighted by Crippen LogP contribution is -1.83. The maximum atomic E-state index is 10.6. The second kappa shape index (κ2) is 3.03. The van der Waals surface area contributed by atoms with Crippen molar-refractivity contribution in [1.29, 1.82) is 0 Å². The fourth-order valence-corrected chi connectivity index (χ4v) is 1.45. The van der Waals surface area contributed by atoms with E-state index in [0.29, 0.717) is 17.1 Å². The Hall–Kier alpha value is -2.03. The molecule has 0 aliphatic heterocycles. The summed E-state index contributed by atoms with van der Waals surface area (Å²) in [7, 11) is 0. The van der Waals surface area contributed by atoms with Crippen LogP contribution in [0.3, 0.4) is 0 Å². The summed E-state index contributed by atoms with van der Waals surface area (Å²) >= 11 is 0. The Bertz CT molecular complexity index is 503. The van der Waals surface area contributed by atoms with E-state index in [1.54, 1.807) is 24.3 Å². The maximum Gasteiger partial charge on any atom is 0.153 e. The maximum absolute atomic E-state index is 10.6. The predicted octanol–water partition coefficient (Wildman–Crippen LogP) is 2.06. The summed E-state index contributed by atoms with van der Waals surface area (Å²) in [6.45, 7) is 0. The van der Waals surface area contributed by atoms with Gasteiger partial charge in [-0.15, -0.1) is 0 Å². The monoisotopic (exact) mass is 188 g/mol. The van der Waals surface area contributed by atoms with E-state index in [9.17, 15) is 15.0 Å². The fraction of sp³-hybridized carbons (Fsp3) is 0. The Labute approximate surface area is 80.2 Å². The first-order valence-electron chi connectivity index (χ1n) is 4.13. The summed E-state index contributed by atoms with van der Waals surface area (Å²) in [5, 5.41) is 20.2. The van der Waals surface area contributed by atoms with Gasteiger partial charge in [0.05, 0.1) is 5.56 Å². The van der Waals surface area contributed by atoms with E-state index < -0.39 is 0 Å². The Balaban J connectivity index is 2.94. The number of fused-ring (bicyclic) bond motifs is 1. The van der Waals surface area contributed by atoms with Gasteiger partial charge in [0.25, 0.3) is 0 Å². The number of aromatic hydroxyl groups is 2. The molecule has 2 aromatic rings. The van der Waals surface area contributed by atoms with Crippen LogP contribution in [0.15, 0.2) is 30.3 Å². The molecule has 0 aliphatic rings. The summed E-state index contributed by atoms with van der Waals surface area (Å²) in [6.07, 6.45) is 0.515. The molecule has 0 radical (unpaired) electrons. The molecular weight excluding hydrogens is 180 g/mol. The number of carbonyl (C=O) groups excluding carboxylic acids is 1. The Morgan fingerprint density at radius 1 is 1.07 bits per heavy atom. The van der Waals surface area contributed by atoms with Gasteiger partial charge in [0, 0.05) is 10.8 Å². The van der Waals surface area contributed by atoms with E-state index in [-0.39, 0.29) is 17.1 Å². The first-order chi connectivity index (χ1) is 6.74. The molecule has 0 spiro atoms. The number of carbonyl (C=O) groups is 1. The van der Waals surface area contributed by atoms with Crippen molar-refractivity contribution in [3.63, 3.8) is 0 Å². The van der Waals surface area contributed by atoms with Crippen molar-refractivity contribution in [3.05, 3.63) is 35.9 Å². The van der Waals surface area contributed by atoms with Crippen molar-refractivity contribution in [1.82, 2.24) is 0 Å². The zero-order valence-electron chi connectivity index (χ0n) is 7.27. The minimum Gasteiger partial charge on any atom is -0.507 e. The fourth-order valence-electron chi connectivity index (χ4n) is 1.45. The molecular formula is C11H8O3. The van der Waals surface area contributed by atoms with Crippen LogP contribution in [0, 0.1) is 0 Å². The van der Waals surface area contributed by atoms with Gasteiger partial charge in [0.2, 0.25) is 0 Å². The largest absolute Gasteiger partial charge is 0.507 e. The number of aldehydes is 1. The van der Waals surface area contributed by atoms with E-state index in [4.69, 9.17) is 0 Å². The SMILES string of the molecule is O=Cc1cc(O)c2ccccc2c1O. The van der Waals surface area contributed by atoms with Gasteiger partial charge in [-0.25, -0.2) is 0 Å². The third-order valence-electron chi connectivity index (χ3n) is 2.15. The number of phenolic OH excluding ortho intramolecular Hbond substituents is 2. The minimum atomic E-state index is -0.0894. The molecule has 0 atom stereocenters. The van der Waals surface area contributed by atoms with Crippen LogP contribution in [-0.4, -0.2) is 16.5 Å². The smallest absolute Gasteiger partial charge is 0.153 e. The highest BCUT2D eigenvalue weighted by molar-refractivity contribution is 5.99. The van der Waals surface area contributed by atoms with Crippen molar-refractivity contribution >= 4 is 17.1 Å². The van der Waals surface area contributed by atoms with Crippen molar-refractivity contribution in [2.75, 3.05) is 0 Å². The predicted molar refractivity (Wildman–Crippen MR) is 52.7 cm³/mol. The highest BCUT2D eigenvalue weighted by atomic mass is 16.3. The number of rotatable bonds is 1. The quantitative estimate of drug-likeness (QED) is 0.532. The number of hydrogen-bond acceptors (Lipinski definition) is 3. The van der Waals surface area contributed by atoms with E-state index in [2.05, 4.69) is 0 Å². The first kappa shape index (κ1) is 8.56. The molecule has 2 N–H and O–H groups in total. The second-order valence-corrected chi connectivity index (χ2v) is 3.00. The molecule has 3 heteroatoms. The highest BCUT2D eigenvalue weighted by Gasteiger charge is 2.08. The molecule has 0 aliphatic carbocycles. The lowest BCUT2D eigenvalue weighted by atomic mass is 10.1. The van der Waals surface area contributed by atoms with Gasteiger partial charge in [0.15, 0.2) is 6.29 Å². The van der Waals surface area contributed by atoms with Gasteiger partial charge >= 0.3 is 0 Å². The van der Waals surface area contributed by atoms with Gasteiger partial charge in [-0.3, -0.25) is 4.79 Å². The molecule has 2 rings (SSSR count). The molecule has 2 aromatic carbocycles. The molecule has 0 fully saturated rings. The van der Waals surface area contributed by atoms with Gasteiger partial charge in [0.1, 0.15) is 11.5 Å². The third-order valence-corrected chi connectivity index (χ3v) is 2.15. The standard InChI is InChI=1S/C11H8O3/c12-6-7-5-10(13)8-3-1-2-4-9(8)11(7)14/h1-6,13-14H. The molecule has 3 nitrogen and oxygen atoms in total. The van der Waals surface area contributed by atoms with Crippen LogP contribution in [0.5, 0.6) is 11.5 Å². The average Bonchev–Trinajstić information content (AvgIpc) is 2.23. The van der Waals surface area contributed by atoms with Crippen LogP contribution < -0.4 is 0 Å². The van der Waals surface area contributed by atoms with Crippen molar-refractivity contribution in [2.24, 2.45) is 0 Å². The van der Waals surface area contributed by atoms with Crippen molar-refractivity contribution in [2.45, 2.75) is 0 Å². The van der Waals surface area contributed by atoms with E-state index in [0.717, 1.165) is 0 Å². The van der Waals surface area contributed by atoms with Crippen LogP contribution in [0.2, 0.25) is 0 Å². The minimum absolute atomic E-state index is 0.000463. The van der Waals surface area contributed by atoms with Crippen LogP contribution in [-0.2, 0) is 0 Å². The van der Waals surface area contributed by atoms with Gasteiger partial charge in [-0.05, 0) is 6.07 Å². The lowest BCUT2D eigenvalue weighted by Gasteiger charge is -2.05. The third kappa shape index (κ3) is 1.10. The molecule has 14 heavy (non-hydrogen) atoms. The van der Waals surface area contributed by atoms with E-state index in [1.165, 1.54) is 6.07 Å². The van der Waals surface area contributed by atoms with Crippen LogP contribution in [0.25, 0.3) is 10.8 Å². The lowest BCUT2D eigenvalue weighted by molar-refractivity contribution is 0.112. The van der Waals surface area contributed by atoms with Gasteiger partial charge in [-0.1, -0.05) is 24.3 Å². The van der Waals surface area contributed by atoms with E-state index in [1.807, 2.05) is 0 Å². The van der Waals surface area contributed by atoms with Crippen LogP contribution in [0.4, 0.5) is 0 Å². The molecule has 0 heterocycles. The number of benzene rings is 2. The zero-order chi connectivity index (χ0) is 10.1. The summed E-state index contributed by atoms with van der Waals surface area (Å²) in [5.74, 6) is -0.0890. The molecule has 0 unspecified atom stereocenters. The number of phenols is 2. The molecule has 0 aromatic heterocycles. The first-order valence-corrected chi connectivity index (χ1v) is 4.13. The topological polar surface area (TPSA) is 57.5 Å². The zero-order valence-corrected chi connectivity index (χ0v) is 7.27. The Morgan fingerprint density at radius 3 is 2.36 bits per heavy atom. The second-order valence-electron chi connectivity index (χ2n) is 3.00. The summed E-state index contributed by atoms with van der Waals surface area (Å²) in [5.41, 5.74) is 0.0983. The molecule has 0 bridgehead atoms. The molecule has 70 valence electrons. The normalized spacial score (nSPS) is 10.3. The molecule has 0 saturated carbocycles. The van der Waals surface area contributed by atoms with Crippen LogP contribution >= 0.6 is 0 Å². The van der Waals surface area contributed by atoms with Gasteiger partial charge in [-0.2, -0.15) is 0 Å². The van der Waals surface area contributed by atoms with Crippen LogP contribution in [0.1, 0.15) is 10.4 Å².